The van der Waals surface area contributed by atoms with Crippen molar-refractivity contribution in [1.29, 1.82) is 0 Å². The molecule has 1 aromatic carbocycles. The molecule has 2 amide bonds. The molecule has 0 atom stereocenters. The van der Waals surface area contributed by atoms with Gasteiger partial charge in [-0.15, -0.1) is 0 Å². The van der Waals surface area contributed by atoms with Gasteiger partial charge in [0, 0.05) is 11.7 Å². The molecule has 2 fully saturated rings. The van der Waals surface area contributed by atoms with Gasteiger partial charge in [0.05, 0.1) is 0 Å². The Labute approximate surface area is 108 Å². The topological polar surface area (TPSA) is 41.1 Å². The van der Waals surface area contributed by atoms with Crippen LogP contribution in [0, 0.1) is 18.8 Å². The van der Waals surface area contributed by atoms with Crippen LogP contribution in [0.1, 0.15) is 31.2 Å². The average Bonchev–Trinajstić information content (AvgIpc) is 3.18. The van der Waals surface area contributed by atoms with Crippen molar-refractivity contribution >= 4 is 11.7 Å². The number of hydrogen-bond acceptors (Lipinski definition) is 1. The molecule has 18 heavy (non-hydrogen) atoms. The fourth-order valence-electron chi connectivity index (χ4n) is 2.57. The summed E-state index contributed by atoms with van der Waals surface area (Å²) in [6.07, 6.45) is 5.13. The number of carbonyl (C=O) groups excluding carboxylic acids is 1. The SMILES string of the molecule is Cc1cccc(NC(=O)NC(C2CC2)C2CC2)c1. The average molecular weight is 244 g/mol. The van der Waals surface area contributed by atoms with Gasteiger partial charge < -0.3 is 10.6 Å². The second-order valence-electron chi connectivity index (χ2n) is 5.67. The number of hydrogen-bond donors (Lipinski definition) is 2. The molecule has 0 bridgehead atoms. The first kappa shape index (κ1) is 11.6. The molecule has 1 aromatic rings. The molecule has 2 saturated carbocycles. The molecule has 0 heterocycles. The van der Waals surface area contributed by atoms with E-state index in [2.05, 4.69) is 10.6 Å². The van der Waals surface area contributed by atoms with Gasteiger partial charge in [-0.1, -0.05) is 12.1 Å². The summed E-state index contributed by atoms with van der Waals surface area (Å²) in [4.78, 5) is 12.0. The fraction of sp³-hybridized carbons (Fsp3) is 0.533. The van der Waals surface area contributed by atoms with Gasteiger partial charge in [0.15, 0.2) is 0 Å². The van der Waals surface area contributed by atoms with Gasteiger partial charge in [-0.3, -0.25) is 0 Å². The third-order valence-electron chi connectivity index (χ3n) is 3.83. The van der Waals surface area contributed by atoms with Crippen LogP contribution in [0.5, 0.6) is 0 Å². The Morgan fingerprint density at radius 1 is 1.22 bits per heavy atom. The second kappa shape index (κ2) is 4.63. The quantitative estimate of drug-likeness (QED) is 0.838. The monoisotopic (exact) mass is 244 g/mol. The van der Waals surface area contributed by atoms with Crippen molar-refractivity contribution in [3.05, 3.63) is 29.8 Å². The number of anilines is 1. The lowest BCUT2D eigenvalue weighted by atomic mass is 10.1. The predicted octanol–water partition coefficient (Wildman–Crippen LogP) is 3.31. The molecule has 0 radical (unpaired) electrons. The Bertz CT molecular complexity index is 438. The number of benzene rings is 1. The maximum absolute atomic E-state index is 12.0. The van der Waals surface area contributed by atoms with E-state index in [-0.39, 0.29) is 6.03 Å². The normalized spacial score (nSPS) is 18.8. The first-order valence-corrected chi connectivity index (χ1v) is 6.86. The minimum absolute atomic E-state index is 0.0515. The molecule has 3 nitrogen and oxygen atoms in total. The zero-order valence-corrected chi connectivity index (χ0v) is 10.8. The molecular weight excluding hydrogens is 224 g/mol. The minimum Gasteiger partial charge on any atom is -0.335 e. The summed E-state index contributed by atoms with van der Waals surface area (Å²) in [6, 6.07) is 8.27. The molecule has 0 saturated heterocycles. The third-order valence-corrected chi connectivity index (χ3v) is 3.83. The van der Waals surface area contributed by atoms with Crippen LogP contribution in [0.2, 0.25) is 0 Å². The Kier molecular flexibility index (Phi) is 2.98. The van der Waals surface area contributed by atoms with E-state index in [4.69, 9.17) is 0 Å². The van der Waals surface area contributed by atoms with Crippen LogP contribution >= 0.6 is 0 Å². The summed E-state index contributed by atoms with van der Waals surface area (Å²) in [6.45, 7) is 2.03. The van der Waals surface area contributed by atoms with Crippen LogP contribution in [-0.4, -0.2) is 12.1 Å². The summed E-state index contributed by atoms with van der Waals surface area (Å²) in [5.41, 5.74) is 2.03. The number of aryl methyl sites for hydroxylation is 1. The van der Waals surface area contributed by atoms with Crippen molar-refractivity contribution in [3.63, 3.8) is 0 Å². The number of nitrogens with one attached hydrogen (secondary N) is 2. The second-order valence-corrected chi connectivity index (χ2v) is 5.67. The summed E-state index contributed by atoms with van der Waals surface area (Å²) in [5.74, 6) is 1.47. The summed E-state index contributed by atoms with van der Waals surface area (Å²) < 4.78 is 0. The van der Waals surface area contributed by atoms with E-state index in [1.807, 2.05) is 31.2 Å². The molecule has 2 aliphatic rings. The summed E-state index contributed by atoms with van der Waals surface area (Å²) in [7, 11) is 0. The molecule has 3 heteroatoms. The van der Waals surface area contributed by atoms with Crippen LogP contribution in [-0.2, 0) is 0 Å². The highest BCUT2D eigenvalue weighted by atomic mass is 16.2. The molecule has 0 aliphatic heterocycles. The number of rotatable bonds is 4. The molecule has 3 rings (SSSR count). The van der Waals surface area contributed by atoms with Crippen LogP contribution in [0.4, 0.5) is 10.5 Å². The lowest BCUT2D eigenvalue weighted by Gasteiger charge is -2.18. The molecule has 96 valence electrons. The predicted molar refractivity (Wildman–Crippen MR) is 72.6 cm³/mol. The molecule has 0 spiro atoms. The van der Waals surface area contributed by atoms with Crippen LogP contribution in [0.3, 0.4) is 0 Å². The van der Waals surface area contributed by atoms with E-state index < -0.39 is 0 Å². The smallest absolute Gasteiger partial charge is 0.319 e. The van der Waals surface area contributed by atoms with E-state index in [0.29, 0.717) is 6.04 Å². The lowest BCUT2D eigenvalue weighted by Crippen LogP contribution is -2.40. The van der Waals surface area contributed by atoms with Gasteiger partial charge in [0.1, 0.15) is 0 Å². The van der Waals surface area contributed by atoms with Gasteiger partial charge in [0.2, 0.25) is 0 Å². The standard InChI is InChI=1S/C15H20N2O/c1-10-3-2-4-13(9-10)16-15(18)17-14(11-5-6-11)12-7-8-12/h2-4,9,11-12,14H,5-8H2,1H3,(H2,16,17,18). The highest BCUT2D eigenvalue weighted by Crippen LogP contribution is 2.44. The van der Waals surface area contributed by atoms with Crippen molar-refractivity contribution in [2.75, 3.05) is 5.32 Å². The lowest BCUT2D eigenvalue weighted by molar-refractivity contribution is 0.245. The van der Waals surface area contributed by atoms with E-state index >= 15 is 0 Å². The van der Waals surface area contributed by atoms with E-state index in [1.54, 1.807) is 0 Å². The van der Waals surface area contributed by atoms with Crippen molar-refractivity contribution in [2.45, 2.75) is 38.6 Å². The van der Waals surface area contributed by atoms with E-state index in [0.717, 1.165) is 23.1 Å². The first-order valence-electron chi connectivity index (χ1n) is 6.86. The van der Waals surface area contributed by atoms with Crippen molar-refractivity contribution < 1.29 is 4.79 Å². The van der Waals surface area contributed by atoms with Gasteiger partial charge in [0.25, 0.3) is 0 Å². The zero-order valence-electron chi connectivity index (χ0n) is 10.8. The summed E-state index contributed by atoms with van der Waals surface area (Å²) >= 11 is 0. The van der Waals surface area contributed by atoms with Crippen LogP contribution in [0.15, 0.2) is 24.3 Å². The number of urea groups is 1. The third kappa shape index (κ3) is 2.84. The first-order chi connectivity index (χ1) is 8.72. The van der Waals surface area contributed by atoms with Gasteiger partial charge >= 0.3 is 6.03 Å². The van der Waals surface area contributed by atoms with Crippen LogP contribution in [0.25, 0.3) is 0 Å². The molecule has 0 unspecified atom stereocenters. The van der Waals surface area contributed by atoms with Crippen molar-refractivity contribution in [3.8, 4) is 0 Å². The molecule has 2 aliphatic carbocycles. The highest BCUT2D eigenvalue weighted by Gasteiger charge is 2.42. The van der Waals surface area contributed by atoms with Crippen LogP contribution < -0.4 is 10.6 Å². The Hall–Kier alpha value is -1.51. The Balaban J connectivity index is 1.57. The molecule has 0 aromatic heterocycles. The summed E-state index contributed by atoms with van der Waals surface area (Å²) in [5, 5.41) is 6.09. The highest BCUT2D eigenvalue weighted by molar-refractivity contribution is 5.89. The van der Waals surface area contributed by atoms with Gasteiger partial charge in [-0.05, 0) is 62.1 Å². The minimum atomic E-state index is -0.0515. The zero-order chi connectivity index (χ0) is 12.5. The van der Waals surface area contributed by atoms with Crippen molar-refractivity contribution in [1.82, 2.24) is 5.32 Å². The molecule has 2 N–H and O–H groups in total. The van der Waals surface area contributed by atoms with Gasteiger partial charge in [-0.2, -0.15) is 0 Å². The maximum Gasteiger partial charge on any atom is 0.319 e. The number of amides is 2. The Morgan fingerprint density at radius 3 is 2.44 bits per heavy atom. The van der Waals surface area contributed by atoms with Gasteiger partial charge in [-0.25, -0.2) is 4.79 Å². The van der Waals surface area contributed by atoms with Crippen molar-refractivity contribution in [2.24, 2.45) is 11.8 Å². The largest absolute Gasteiger partial charge is 0.335 e. The maximum atomic E-state index is 12.0. The Morgan fingerprint density at radius 2 is 1.89 bits per heavy atom. The molecular formula is C15H20N2O. The number of carbonyl (C=O) groups is 1. The fourth-order valence-corrected chi connectivity index (χ4v) is 2.57. The van der Waals surface area contributed by atoms with E-state index in [1.165, 1.54) is 25.7 Å². The van der Waals surface area contributed by atoms with E-state index in [9.17, 15) is 4.79 Å².